The quantitative estimate of drug-likeness (QED) is 0.726. The van der Waals surface area contributed by atoms with Crippen LogP contribution in [0.2, 0.25) is 10.0 Å². The summed E-state index contributed by atoms with van der Waals surface area (Å²) in [4.78, 5) is 29.1. The van der Waals surface area contributed by atoms with Gasteiger partial charge in [0.1, 0.15) is 5.75 Å². The minimum Gasteiger partial charge on any atom is -0.495 e. The predicted octanol–water partition coefficient (Wildman–Crippen LogP) is 4.56. The average molecular weight is 450 g/mol. The van der Waals surface area contributed by atoms with E-state index in [1.807, 2.05) is 24.8 Å². The molecule has 0 unspecified atom stereocenters. The molecule has 0 aromatic heterocycles. The van der Waals surface area contributed by atoms with Crippen LogP contribution in [0.4, 0.5) is 11.4 Å². The fourth-order valence-electron chi connectivity index (χ4n) is 3.42. The molecule has 8 heteroatoms. The van der Waals surface area contributed by atoms with Gasteiger partial charge in [0.2, 0.25) is 5.91 Å². The Kier molecular flexibility index (Phi) is 7.10. The minimum atomic E-state index is -0.295. The molecule has 1 aliphatic rings. The van der Waals surface area contributed by atoms with Crippen molar-refractivity contribution in [1.29, 1.82) is 0 Å². The summed E-state index contributed by atoms with van der Waals surface area (Å²) in [6, 6.07) is 10.3. The Bertz CT molecular complexity index is 941. The summed E-state index contributed by atoms with van der Waals surface area (Å²) in [6.07, 6.45) is 0. The van der Waals surface area contributed by atoms with Gasteiger partial charge in [0, 0.05) is 42.7 Å². The fourth-order valence-corrected chi connectivity index (χ4v) is 3.85. The van der Waals surface area contributed by atoms with Crippen LogP contribution in [0, 0.1) is 5.92 Å². The number of ether oxygens (including phenoxy) is 1. The second-order valence-electron chi connectivity index (χ2n) is 7.43. The lowest BCUT2D eigenvalue weighted by Crippen LogP contribution is -2.50. The first-order valence-corrected chi connectivity index (χ1v) is 10.5. The van der Waals surface area contributed by atoms with Gasteiger partial charge < -0.3 is 19.9 Å². The number of hydrogen-bond donors (Lipinski definition) is 1. The monoisotopic (exact) mass is 449 g/mol. The lowest BCUT2D eigenvalue weighted by molar-refractivity contribution is -0.134. The van der Waals surface area contributed by atoms with Crippen LogP contribution < -0.4 is 15.0 Å². The van der Waals surface area contributed by atoms with E-state index in [1.54, 1.807) is 30.3 Å². The van der Waals surface area contributed by atoms with Gasteiger partial charge in [-0.3, -0.25) is 9.59 Å². The first-order chi connectivity index (χ1) is 14.3. The molecule has 0 saturated carbocycles. The molecule has 2 amide bonds. The van der Waals surface area contributed by atoms with E-state index in [4.69, 9.17) is 27.9 Å². The number of halogens is 2. The molecule has 2 aromatic carbocycles. The highest BCUT2D eigenvalue weighted by molar-refractivity contribution is 6.32. The second-order valence-corrected chi connectivity index (χ2v) is 8.28. The summed E-state index contributed by atoms with van der Waals surface area (Å²) in [5.74, 6) is 0.357. The van der Waals surface area contributed by atoms with Crippen LogP contribution >= 0.6 is 23.2 Å². The zero-order valence-electron chi connectivity index (χ0n) is 17.2. The molecule has 1 saturated heterocycles. The molecular formula is C22H25Cl2N3O3. The third-order valence-electron chi connectivity index (χ3n) is 5.05. The number of rotatable bonds is 5. The van der Waals surface area contributed by atoms with E-state index in [1.165, 1.54) is 7.11 Å². The van der Waals surface area contributed by atoms with E-state index in [0.29, 0.717) is 53.2 Å². The molecule has 3 rings (SSSR count). The molecule has 6 nitrogen and oxygen atoms in total. The van der Waals surface area contributed by atoms with Gasteiger partial charge in [-0.2, -0.15) is 0 Å². The molecule has 1 heterocycles. The molecule has 2 aromatic rings. The van der Waals surface area contributed by atoms with E-state index in [0.717, 1.165) is 5.69 Å². The van der Waals surface area contributed by atoms with Crippen LogP contribution in [0.5, 0.6) is 5.75 Å². The van der Waals surface area contributed by atoms with Gasteiger partial charge in [0.05, 0.1) is 23.5 Å². The smallest absolute Gasteiger partial charge is 0.255 e. The predicted molar refractivity (Wildman–Crippen MR) is 121 cm³/mol. The molecule has 0 spiro atoms. The van der Waals surface area contributed by atoms with Gasteiger partial charge in [0.25, 0.3) is 5.91 Å². The van der Waals surface area contributed by atoms with Crippen LogP contribution in [0.15, 0.2) is 36.4 Å². The Balaban J connectivity index is 1.77. The summed E-state index contributed by atoms with van der Waals surface area (Å²) in [5, 5.41) is 3.82. The maximum atomic E-state index is 12.8. The molecule has 1 fully saturated rings. The minimum absolute atomic E-state index is 0.0155. The number of carbonyl (C=O) groups is 2. The van der Waals surface area contributed by atoms with Crippen LogP contribution in [0.3, 0.4) is 0 Å². The number of methoxy groups -OCH3 is 1. The molecule has 0 atom stereocenters. The topological polar surface area (TPSA) is 61.9 Å². The Morgan fingerprint density at radius 2 is 1.73 bits per heavy atom. The Morgan fingerprint density at radius 1 is 1.03 bits per heavy atom. The number of nitrogens with one attached hydrogen (secondary N) is 1. The number of carbonyl (C=O) groups excluding carboxylic acids is 2. The van der Waals surface area contributed by atoms with Crippen molar-refractivity contribution in [2.75, 3.05) is 43.5 Å². The summed E-state index contributed by atoms with van der Waals surface area (Å²) in [6.45, 7) is 6.46. The Morgan fingerprint density at radius 3 is 2.33 bits per heavy atom. The Labute approximate surface area is 186 Å². The fraction of sp³-hybridized carbons (Fsp3) is 0.364. The van der Waals surface area contributed by atoms with E-state index in [9.17, 15) is 9.59 Å². The van der Waals surface area contributed by atoms with Gasteiger partial charge >= 0.3 is 0 Å². The van der Waals surface area contributed by atoms with Gasteiger partial charge in [-0.05, 0) is 36.4 Å². The molecule has 1 N–H and O–H groups in total. The zero-order chi connectivity index (χ0) is 21.8. The van der Waals surface area contributed by atoms with Crippen molar-refractivity contribution in [2.24, 2.45) is 5.92 Å². The highest BCUT2D eigenvalue weighted by Gasteiger charge is 2.24. The number of piperazine rings is 1. The van der Waals surface area contributed by atoms with Crippen molar-refractivity contribution in [3.63, 3.8) is 0 Å². The Hall–Kier alpha value is -2.44. The second kappa shape index (κ2) is 9.58. The van der Waals surface area contributed by atoms with Gasteiger partial charge in [0.15, 0.2) is 0 Å². The van der Waals surface area contributed by atoms with Crippen molar-refractivity contribution in [3.05, 3.63) is 52.0 Å². The van der Waals surface area contributed by atoms with Crippen molar-refractivity contribution in [3.8, 4) is 5.75 Å². The standard InChI is InChI=1S/C22H25Cl2N3O3/c1-14(2)22(29)27-10-8-26(9-11-27)19-6-5-16(23)13-18(19)25-21(28)15-4-7-20(30-3)17(24)12-15/h4-7,12-14H,8-11H2,1-3H3,(H,25,28). The first-order valence-electron chi connectivity index (χ1n) is 9.78. The van der Waals surface area contributed by atoms with Crippen LogP contribution in [0.25, 0.3) is 0 Å². The third kappa shape index (κ3) is 4.99. The van der Waals surface area contributed by atoms with Gasteiger partial charge in [-0.15, -0.1) is 0 Å². The summed E-state index contributed by atoms with van der Waals surface area (Å²) < 4.78 is 5.14. The van der Waals surface area contributed by atoms with Crippen LogP contribution in [-0.2, 0) is 4.79 Å². The SMILES string of the molecule is COc1ccc(C(=O)Nc2cc(Cl)ccc2N2CCN(C(=O)C(C)C)CC2)cc1Cl. The lowest BCUT2D eigenvalue weighted by atomic mass is 10.1. The molecule has 0 radical (unpaired) electrons. The summed E-state index contributed by atoms with van der Waals surface area (Å²) in [7, 11) is 1.52. The molecule has 0 bridgehead atoms. The van der Waals surface area contributed by atoms with E-state index < -0.39 is 0 Å². The van der Waals surface area contributed by atoms with E-state index >= 15 is 0 Å². The number of hydrogen-bond acceptors (Lipinski definition) is 4. The van der Waals surface area contributed by atoms with Crippen molar-refractivity contribution < 1.29 is 14.3 Å². The number of nitrogens with zero attached hydrogens (tertiary/aromatic N) is 2. The van der Waals surface area contributed by atoms with Crippen LogP contribution in [-0.4, -0.2) is 50.0 Å². The van der Waals surface area contributed by atoms with E-state index in [2.05, 4.69) is 10.2 Å². The summed E-state index contributed by atoms with van der Waals surface area (Å²) in [5.41, 5.74) is 1.89. The highest BCUT2D eigenvalue weighted by Crippen LogP contribution is 2.31. The molecule has 1 aliphatic heterocycles. The molecule has 30 heavy (non-hydrogen) atoms. The average Bonchev–Trinajstić information content (AvgIpc) is 2.73. The van der Waals surface area contributed by atoms with Gasteiger partial charge in [-0.1, -0.05) is 37.0 Å². The first kappa shape index (κ1) is 22.2. The van der Waals surface area contributed by atoms with E-state index in [-0.39, 0.29) is 17.7 Å². The van der Waals surface area contributed by atoms with Crippen molar-refractivity contribution in [1.82, 2.24) is 4.90 Å². The zero-order valence-corrected chi connectivity index (χ0v) is 18.8. The van der Waals surface area contributed by atoms with Crippen LogP contribution in [0.1, 0.15) is 24.2 Å². The number of benzene rings is 2. The number of amides is 2. The third-order valence-corrected chi connectivity index (χ3v) is 5.58. The molecule has 160 valence electrons. The summed E-state index contributed by atoms with van der Waals surface area (Å²) >= 11 is 12.3. The lowest BCUT2D eigenvalue weighted by Gasteiger charge is -2.37. The maximum absolute atomic E-state index is 12.8. The van der Waals surface area contributed by atoms with Gasteiger partial charge in [-0.25, -0.2) is 0 Å². The molecular weight excluding hydrogens is 425 g/mol. The number of anilines is 2. The van der Waals surface area contributed by atoms with Crippen molar-refractivity contribution >= 4 is 46.4 Å². The van der Waals surface area contributed by atoms with Crippen molar-refractivity contribution in [2.45, 2.75) is 13.8 Å². The highest BCUT2D eigenvalue weighted by atomic mass is 35.5. The molecule has 0 aliphatic carbocycles. The largest absolute Gasteiger partial charge is 0.495 e. The normalized spacial score (nSPS) is 14.1. The maximum Gasteiger partial charge on any atom is 0.255 e.